The van der Waals surface area contributed by atoms with Gasteiger partial charge < -0.3 is 14.9 Å². The van der Waals surface area contributed by atoms with Crippen molar-refractivity contribution in [3.05, 3.63) is 17.5 Å². The van der Waals surface area contributed by atoms with Gasteiger partial charge in [-0.3, -0.25) is 4.79 Å². The van der Waals surface area contributed by atoms with Crippen molar-refractivity contribution < 1.29 is 14.4 Å². The van der Waals surface area contributed by atoms with Crippen molar-refractivity contribution in [3.8, 4) is 0 Å². The zero-order chi connectivity index (χ0) is 13.7. The maximum absolute atomic E-state index is 11.9. The molecule has 5 nitrogen and oxygen atoms in total. The van der Waals surface area contributed by atoms with Crippen LogP contribution in [0.5, 0.6) is 0 Å². The molecule has 2 N–H and O–H groups in total. The number of aliphatic hydroxyl groups is 1. The van der Waals surface area contributed by atoms with Gasteiger partial charge in [-0.15, -0.1) is 0 Å². The maximum atomic E-state index is 11.9. The van der Waals surface area contributed by atoms with Crippen molar-refractivity contribution in [1.82, 2.24) is 10.5 Å². The number of rotatable bonds is 6. The molecular weight excluding hydrogens is 252 g/mol. The third-order valence-corrected chi connectivity index (χ3v) is 3.89. The molecule has 0 aliphatic carbocycles. The molecule has 2 atom stereocenters. The van der Waals surface area contributed by atoms with Crippen LogP contribution in [0.4, 0.5) is 0 Å². The van der Waals surface area contributed by atoms with Crippen LogP contribution in [0, 0.1) is 0 Å². The van der Waals surface area contributed by atoms with Crippen LogP contribution < -0.4 is 5.32 Å². The maximum Gasteiger partial charge on any atom is 0.273 e. The number of aliphatic hydroxyl groups excluding tert-OH is 1. The number of carbonyl (C=O) groups is 1. The molecule has 0 bridgehead atoms. The average Bonchev–Trinajstić information content (AvgIpc) is 2.79. The molecule has 1 amide bonds. The van der Waals surface area contributed by atoms with E-state index in [1.165, 1.54) is 11.8 Å². The molecule has 1 rings (SSSR count). The van der Waals surface area contributed by atoms with Gasteiger partial charge in [-0.1, -0.05) is 19.0 Å². The second kappa shape index (κ2) is 6.80. The summed E-state index contributed by atoms with van der Waals surface area (Å²) in [4.78, 5) is 11.9. The van der Waals surface area contributed by atoms with Gasteiger partial charge >= 0.3 is 0 Å². The molecule has 0 aromatic carbocycles. The average molecular weight is 272 g/mol. The van der Waals surface area contributed by atoms with Crippen LogP contribution in [0.1, 0.15) is 42.9 Å². The number of nitrogens with zero attached hydrogens (tertiary/aromatic N) is 1. The summed E-state index contributed by atoms with van der Waals surface area (Å²) in [5.74, 6) is 0.620. The highest BCUT2D eigenvalue weighted by Crippen LogP contribution is 2.16. The number of carbonyl (C=O) groups excluding carboxylic acids is 1. The van der Waals surface area contributed by atoms with Crippen molar-refractivity contribution in [1.29, 1.82) is 0 Å². The Morgan fingerprint density at radius 2 is 2.22 bits per heavy atom. The van der Waals surface area contributed by atoms with E-state index in [1.807, 2.05) is 27.0 Å². The first-order valence-electron chi connectivity index (χ1n) is 5.90. The normalized spacial score (nSPS) is 14.6. The summed E-state index contributed by atoms with van der Waals surface area (Å²) in [6.07, 6.45) is 1.90. The Morgan fingerprint density at radius 1 is 1.56 bits per heavy atom. The molecule has 6 heteroatoms. The number of nitrogens with one attached hydrogen (secondary N) is 1. The van der Waals surface area contributed by atoms with E-state index >= 15 is 0 Å². The predicted octanol–water partition coefficient (Wildman–Crippen LogP) is 1.64. The van der Waals surface area contributed by atoms with Crippen LogP contribution in [0.2, 0.25) is 0 Å². The minimum Gasteiger partial charge on any atom is -0.395 e. The largest absolute Gasteiger partial charge is 0.395 e. The third-order valence-electron chi connectivity index (χ3n) is 2.73. The number of hydrogen-bond acceptors (Lipinski definition) is 5. The molecule has 0 fully saturated rings. The van der Waals surface area contributed by atoms with E-state index < -0.39 is 0 Å². The van der Waals surface area contributed by atoms with E-state index in [2.05, 4.69) is 10.5 Å². The Morgan fingerprint density at radius 3 is 2.67 bits per heavy atom. The topological polar surface area (TPSA) is 75.4 Å². The standard InChI is InChI=1S/C12H20N2O3S/c1-7(2)10-5-9(14-17-10)12(16)13-8(3)11(6-15)18-4/h5,7-8,11,15H,6H2,1-4H3,(H,13,16). The molecule has 0 saturated carbocycles. The first kappa shape index (κ1) is 15.0. The van der Waals surface area contributed by atoms with Gasteiger partial charge in [0.25, 0.3) is 5.91 Å². The van der Waals surface area contributed by atoms with Crippen LogP contribution in [0.15, 0.2) is 10.6 Å². The van der Waals surface area contributed by atoms with Crippen LogP contribution in [-0.4, -0.2) is 40.3 Å². The highest BCUT2D eigenvalue weighted by molar-refractivity contribution is 7.99. The summed E-state index contributed by atoms with van der Waals surface area (Å²) >= 11 is 1.52. The van der Waals surface area contributed by atoms with Gasteiger partial charge in [0.2, 0.25) is 0 Å². The SMILES string of the molecule is CSC(CO)C(C)NC(=O)c1cc(C(C)C)on1. The first-order chi connectivity index (χ1) is 8.49. The van der Waals surface area contributed by atoms with Crippen molar-refractivity contribution >= 4 is 17.7 Å². The van der Waals surface area contributed by atoms with Gasteiger partial charge in [-0.05, 0) is 13.2 Å². The number of thioether (sulfide) groups is 1. The number of hydrogen-bond donors (Lipinski definition) is 2. The summed E-state index contributed by atoms with van der Waals surface area (Å²) in [6, 6.07) is 1.52. The van der Waals surface area contributed by atoms with Gasteiger partial charge in [-0.25, -0.2) is 0 Å². The molecule has 1 aromatic heterocycles. The van der Waals surface area contributed by atoms with Crippen molar-refractivity contribution in [2.45, 2.75) is 38.0 Å². The second-order valence-electron chi connectivity index (χ2n) is 4.49. The summed E-state index contributed by atoms with van der Waals surface area (Å²) in [7, 11) is 0. The van der Waals surface area contributed by atoms with Crippen molar-refractivity contribution in [2.24, 2.45) is 0 Å². The van der Waals surface area contributed by atoms with Crippen LogP contribution in [-0.2, 0) is 0 Å². The highest BCUT2D eigenvalue weighted by atomic mass is 32.2. The summed E-state index contributed by atoms with van der Waals surface area (Å²) in [6.45, 7) is 5.83. The van der Waals surface area contributed by atoms with E-state index in [1.54, 1.807) is 6.07 Å². The van der Waals surface area contributed by atoms with Gasteiger partial charge in [0.05, 0.1) is 6.61 Å². The molecule has 0 saturated heterocycles. The summed E-state index contributed by atoms with van der Waals surface area (Å²) < 4.78 is 5.08. The van der Waals surface area contributed by atoms with Gasteiger partial charge in [0.15, 0.2) is 5.69 Å². The van der Waals surface area contributed by atoms with E-state index in [9.17, 15) is 4.79 Å². The highest BCUT2D eigenvalue weighted by Gasteiger charge is 2.20. The predicted molar refractivity (Wildman–Crippen MR) is 71.9 cm³/mol. The minimum atomic E-state index is -0.273. The molecule has 2 unspecified atom stereocenters. The Bertz CT molecular complexity index is 388. The van der Waals surface area contributed by atoms with Crippen molar-refractivity contribution in [3.63, 3.8) is 0 Å². The molecule has 0 aliphatic rings. The fraction of sp³-hybridized carbons (Fsp3) is 0.667. The molecule has 102 valence electrons. The smallest absolute Gasteiger partial charge is 0.273 e. The fourth-order valence-electron chi connectivity index (χ4n) is 1.48. The van der Waals surface area contributed by atoms with Crippen LogP contribution >= 0.6 is 11.8 Å². The molecule has 0 radical (unpaired) electrons. The van der Waals surface area contributed by atoms with E-state index in [0.29, 0.717) is 5.76 Å². The molecular formula is C12H20N2O3S. The second-order valence-corrected chi connectivity index (χ2v) is 5.56. The quantitative estimate of drug-likeness (QED) is 0.823. The van der Waals surface area contributed by atoms with Gasteiger partial charge in [0.1, 0.15) is 5.76 Å². The molecule has 18 heavy (non-hydrogen) atoms. The monoisotopic (exact) mass is 272 g/mol. The lowest BCUT2D eigenvalue weighted by Gasteiger charge is -2.20. The number of amides is 1. The van der Waals surface area contributed by atoms with E-state index in [-0.39, 0.29) is 35.4 Å². The Labute approximate surface area is 111 Å². The van der Waals surface area contributed by atoms with Crippen molar-refractivity contribution in [2.75, 3.05) is 12.9 Å². The Kier molecular flexibility index (Phi) is 5.68. The van der Waals surface area contributed by atoms with Crippen LogP contribution in [0.3, 0.4) is 0 Å². The van der Waals surface area contributed by atoms with Gasteiger partial charge in [-0.2, -0.15) is 11.8 Å². The fourth-order valence-corrected chi connectivity index (χ4v) is 2.10. The molecule has 0 aliphatic heterocycles. The van der Waals surface area contributed by atoms with Crippen LogP contribution in [0.25, 0.3) is 0 Å². The number of aromatic nitrogens is 1. The Balaban J connectivity index is 2.64. The molecule has 0 spiro atoms. The molecule has 1 heterocycles. The first-order valence-corrected chi connectivity index (χ1v) is 7.19. The van der Waals surface area contributed by atoms with E-state index in [4.69, 9.17) is 9.63 Å². The minimum absolute atomic E-state index is 0.0228. The summed E-state index contributed by atoms with van der Waals surface area (Å²) in [5.41, 5.74) is 0.281. The lowest BCUT2D eigenvalue weighted by molar-refractivity contribution is 0.0926. The summed E-state index contributed by atoms with van der Waals surface area (Å²) in [5, 5.41) is 15.7. The lowest BCUT2D eigenvalue weighted by atomic mass is 10.1. The zero-order valence-electron chi connectivity index (χ0n) is 11.1. The third kappa shape index (κ3) is 3.74. The zero-order valence-corrected chi connectivity index (χ0v) is 12.0. The van der Waals surface area contributed by atoms with Gasteiger partial charge in [0, 0.05) is 23.3 Å². The Hall–Kier alpha value is -1.01. The van der Waals surface area contributed by atoms with E-state index in [0.717, 1.165) is 0 Å². The lowest BCUT2D eigenvalue weighted by Crippen LogP contribution is -2.41. The molecule has 1 aromatic rings.